The smallest absolute Gasteiger partial charge is 0.118 e. The molecule has 0 aliphatic heterocycles. The molecule has 1 heterocycles. The zero-order valence-electron chi connectivity index (χ0n) is 14.0. The van der Waals surface area contributed by atoms with Gasteiger partial charge in [0.25, 0.3) is 0 Å². The van der Waals surface area contributed by atoms with Crippen LogP contribution in [0.4, 0.5) is 0 Å². The van der Waals surface area contributed by atoms with Crippen molar-refractivity contribution in [1.29, 1.82) is 0 Å². The molecule has 0 saturated heterocycles. The van der Waals surface area contributed by atoms with Crippen LogP contribution in [-0.4, -0.2) is 18.2 Å². The van der Waals surface area contributed by atoms with Crippen molar-refractivity contribution in [2.24, 2.45) is 12.8 Å². The van der Waals surface area contributed by atoms with Crippen molar-refractivity contribution in [3.8, 4) is 5.75 Å². The van der Waals surface area contributed by atoms with Gasteiger partial charge in [-0.05, 0) is 49.2 Å². The molecule has 1 unspecified atom stereocenters. The molecule has 120 valence electrons. The van der Waals surface area contributed by atoms with Crippen LogP contribution in [0.3, 0.4) is 0 Å². The summed E-state index contributed by atoms with van der Waals surface area (Å²) in [6, 6.07) is 16.8. The van der Waals surface area contributed by atoms with Crippen molar-refractivity contribution in [3.05, 3.63) is 65.4 Å². The van der Waals surface area contributed by atoms with Crippen LogP contribution < -0.4 is 10.5 Å². The molecule has 2 aromatic carbocycles. The maximum absolute atomic E-state index is 6.09. The molecule has 3 heteroatoms. The number of fused-ring (bicyclic) bond motifs is 1. The summed E-state index contributed by atoms with van der Waals surface area (Å²) in [4.78, 5) is 0. The van der Waals surface area contributed by atoms with Crippen LogP contribution in [0, 0.1) is 6.92 Å². The van der Waals surface area contributed by atoms with Gasteiger partial charge in [0, 0.05) is 29.6 Å². The second kappa shape index (κ2) is 6.47. The Morgan fingerprint density at radius 3 is 2.43 bits per heavy atom. The maximum atomic E-state index is 6.09. The molecule has 23 heavy (non-hydrogen) atoms. The minimum atomic E-state index is 0.311. The number of hydrogen-bond donors (Lipinski definition) is 1. The molecular formula is C20H24N2O. The highest BCUT2D eigenvalue weighted by atomic mass is 16.5. The van der Waals surface area contributed by atoms with E-state index >= 15 is 0 Å². The van der Waals surface area contributed by atoms with Crippen LogP contribution in [0.1, 0.15) is 22.7 Å². The topological polar surface area (TPSA) is 40.2 Å². The second-order valence-electron chi connectivity index (χ2n) is 6.05. The molecule has 0 fully saturated rings. The number of hydrogen-bond acceptors (Lipinski definition) is 2. The van der Waals surface area contributed by atoms with Gasteiger partial charge in [0.05, 0.1) is 7.11 Å². The Morgan fingerprint density at radius 2 is 1.78 bits per heavy atom. The number of nitrogens with two attached hydrogens (primary N) is 1. The normalized spacial score (nSPS) is 12.5. The summed E-state index contributed by atoms with van der Waals surface area (Å²) in [7, 11) is 3.82. The number of benzene rings is 2. The first kappa shape index (κ1) is 15.6. The number of para-hydroxylation sites is 1. The fourth-order valence-corrected chi connectivity index (χ4v) is 3.32. The highest BCUT2D eigenvalue weighted by Crippen LogP contribution is 2.30. The molecule has 0 amide bonds. The molecule has 0 bridgehead atoms. The molecule has 0 spiro atoms. The van der Waals surface area contributed by atoms with E-state index in [0.717, 1.165) is 12.2 Å². The van der Waals surface area contributed by atoms with Crippen LogP contribution in [0.25, 0.3) is 10.9 Å². The highest BCUT2D eigenvalue weighted by molar-refractivity contribution is 5.85. The fourth-order valence-electron chi connectivity index (χ4n) is 3.32. The van der Waals surface area contributed by atoms with Gasteiger partial charge in [-0.2, -0.15) is 0 Å². The Kier molecular flexibility index (Phi) is 4.39. The largest absolute Gasteiger partial charge is 0.497 e. The third kappa shape index (κ3) is 2.84. The van der Waals surface area contributed by atoms with Gasteiger partial charge in [-0.15, -0.1) is 0 Å². The van der Waals surface area contributed by atoms with E-state index in [-0.39, 0.29) is 0 Å². The molecule has 1 atom stereocenters. The number of nitrogens with zero attached hydrogens (tertiary/aromatic N) is 1. The summed E-state index contributed by atoms with van der Waals surface area (Å²) >= 11 is 0. The van der Waals surface area contributed by atoms with Crippen molar-refractivity contribution in [2.75, 3.05) is 13.7 Å². The first-order chi connectivity index (χ1) is 11.2. The second-order valence-corrected chi connectivity index (χ2v) is 6.05. The van der Waals surface area contributed by atoms with E-state index in [2.05, 4.69) is 54.9 Å². The summed E-state index contributed by atoms with van der Waals surface area (Å²) < 4.78 is 7.52. The number of aromatic nitrogens is 1. The van der Waals surface area contributed by atoms with E-state index in [0.29, 0.717) is 12.5 Å². The monoisotopic (exact) mass is 308 g/mol. The van der Waals surface area contributed by atoms with E-state index in [1.165, 1.54) is 27.7 Å². The summed E-state index contributed by atoms with van der Waals surface area (Å²) in [6.45, 7) is 2.83. The molecular weight excluding hydrogens is 284 g/mol. The molecule has 3 rings (SSSR count). The number of rotatable bonds is 5. The average Bonchev–Trinajstić information content (AvgIpc) is 2.84. The Morgan fingerprint density at radius 1 is 1.09 bits per heavy atom. The Bertz CT molecular complexity index is 802. The Balaban J connectivity index is 1.97. The van der Waals surface area contributed by atoms with E-state index in [9.17, 15) is 0 Å². The number of aryl methyl sites for hydroxylation is 1. The number of methoxy groups -OCH3 is 1. The van der Waals surface area contributed by atoms with E-state index in [1.807, 2.05) is 12.1 Å². The Labute approximate surface area is 137 Å². The summed E-state index contributed by atoms with van der Waals surface area (Å²) in [5.74, 6) is 1.19. The van der Waals surface area contributed by atoms with Gasteiger partial charge in [-0.1, -0.05) is 30.3 Å². The summed E-state index contributed by atoms with van der Waals surface area (Å²) in [5, 5.41) is 1.33. The maximum Gasteiger partial charge on any atom is 0.118 e. The van der Waals surface area contributed by atoms with E-state index in [4.69, 9.17) is 10.5 Å². The third-order valence-electron chi connectivity index (χ3n) is 4.85. The van der Waals surface area contributed by atoms with E-state index in [1.54, 1.807) is 7.11 Å². The molecule has 0 saturated carbocycles. The highest BCUT2D eigenvalue weighted by Gasteiger charge is 2.17. The van der Waals surface area contributed by atoms with Gasteiger partial charge in [0.2, 0.25) is 0 Å². The van der Waals surface area contributed by atoms with Gasteiger partial charge < -0.3 is 15.0 Å². The van der Waals surface area contributed by atoms with Gasteiger partial charge in [0.15, 0.2) is 0 Å². The van der Waals surface area contributed by atoms with Crippen molar-refractivity contribution >= 4 is 10.9 Å². The van der Waals surface area contributed by atoms with Gasteiger partial charge in [-0.3, -0.25) is 0 Å². The van der Waals surface area contributed by atoms with E-state index < -0.39 is 0 Å². The van der Waals surface area contributed by atoms with Crippen molar-refractivity contribution in [3.63, 3.8) is 0 Å². The van der Waals surface area contributed by atoms with Gasteiger partial charge >= 0.3 is 0 Å². The molecule has 0 aliphatic rings. The van der Waals surface area contributed by atoms with Gasteiger partial charge in [-0.25, -0.2) is 0 Å². The lowest BCUT2D eigenvalue weighted by Gasteiger charge is -2.16. The lowest BCUT2D eigenvalue weighted by atomic mass is 9.91. The first-order valence-corrected chi connectivity index (χ1v) is 8.02. The molecule has 0 radical (unpaired) electrons. The molecule has 2 N–H and O–H groups in total. The van der Waals surface area contributed by atoms with Crippen LogP contribution in [0.15, 0.2) is 48.5 Å². The molecule has 1 aromatic heterocycles. The zero-order valence-corrected chi connectivity index (χ0v) is 14.0. The average molecular weight is 308 g/mol. The number of ether oxygens (including phenoxy) is 1. The van der Waals surface area contributed by atoms with Crippen molar-refractivity contribution in [1.82, 2.24) is 4.57 Å². The predicted molar refractivity (Wildman–Crippen MR) is 96.1 cm³/mol. The molecule has 0 aliphatic carbocycles. The van der Waals surface area contributed by atoms with Crippen LogP contribution in [-0.2, 0) is 13.5 Å². The summed E-state index contributed by atoms with van der Waals surface area (Å²) in [6.07, 6.45) is 0.954. The van der Waals surface area contributed by atoms with Crippen molar-refractivity contribution in [2.45, 2.75) is 19.3 Å². The summed E-state index contributed by atoms with van der Waals surface area (Å²) in [5.41, 5.74) is 11.3. The van der Waals surface area contributed by atoms with Crippen molar-refractivity contribution < 1.29 is 4.74 Å². The lowest BCUT2D eigenvalue weighted by Crippen LogP contribution is -2.15. The standard InChI is InChI=1S/C20H24N2O/c1-14-19(18-6-4-5-7-20(18)22(14)2)12-16(13-21)15-8-10-17(23-3)11-9-15/h4-11,16H,12-13,21H2,1-3H3. The quantitative estimate of drug-likeness (QED) is 0.779. The SMILES string of the molecule is COc1ccc(C(CN)Cc2c(C)n(C)c3ccccc23)cc1. The molecule has 3 nitrogen and oxygen atoms in total. The zero-order chi connectivity index (χ0) is 16.4. The lowest BCUT2D eigenvalue weighted by molar-refractivity contribution is 0.414. The fraction of sp³-hybridized carbons (Fsp3) is 0.300. The minimum Gasteiger partial charge on any atom is -0.497 e. The Hall–Kier alpha value is -2.26. The van der Waals surface area contributed by atoms with Crippen LogP contribution >= 0.6 is 0 Å². The van der Waals surface area contributed by atoms with Crippen LogP contribution in [0.2, 0.25) is 0 Å². The predicted octanol–water partition coefficient (Wildman–Crippen LogP) is 3.78. The van der Waals surface area contributed by atoms with Crippen LogP contribution in [0.5, 0.6) is 5.75 Å². The minimum absolute atomic E-state index is 0.311. The van der Waals surface area contributed by atoms with Gasteiger partial charge in [0.1, 0.15) is 5.75 Å². The third-order valence-corrected chi connectivity index (χ3v) is 4.85. The first-order valence-electron chi connectivity index (χ1n) is 8.02. The molecule has 3 aromatic rings.